The lowest BCUT2D eigenvalue weighted by atomic mass is 10.1. The quantitative estimate of drug-likeness (QED) is 0.344. The van der Waals surface area contributed by atoms with Crippen LogP contribution in [0.25, 0.3) is 16.9 Å². The van der Waals surface area contributed by atoms with Gasteiger partial charge in [-0.15, -0.1) is 0 Å². The highest BCUT2D eigenvalue weighted by Gasteiger charge is 2.23. The van der Waals surface area contributed by atoms with Crippen LogP contribution in [0.4, 0.5) is 27.3 Å². The maximum absolute atomic E-state index is 15.6. The average Bonchev–Trinajstić information content (AvgIpc) is 3.45. The van der Waals surface area contributed by atoms with Crippen molar-refractivity contribution < 1.29 is 9.18 Å². The summed E-state index contributed by atoms with van der Waals surface area (Å²) in [6, 6.07) is 22.1. The first-order chi connectivity index (χ1) is 19.0. The summed E-state index contributed by atoms with van der Waals surface area (Å²) in [4.78, 5) is 27.2. The van der Waals surface area contributed by atoms with Gasteiger partial charge in [-0.25, -0.2) is 14.4 Å². The van der Waals surface area contributed by atoms with Gasteiger partial charge in [0.1, 0.15) is 5.82 Å². The molecule has 2 aromatic heterocycles. The summed E-state index contributed by atoms with van der Waals surface area (Å²) in [6.45, 7) is 3.37. The maximum Gasteiger partial charge on any atom is 0.248 e. The Bertz CT molecular complexity index is 1630. The molecule has 3 heterocycles. The highest BCUT2D eigenvalue weighted by molar-refractivity contribution is 5.93. The molecule has 39 heavy (non-hydrogen) atoms. The largest absolute Gasteiger partial charge is 0.367 e. The van der Waals surface area contributed by atoms with Gasteiger partial charge in [-0.3, -0.25) is 14.1 Å². The summed E-state index contributed by atoms with van der Waals surface area (Å²) in [5.74, 6) is -0.189. The van der Waals surface area contributed by atoms with Gasteiger partial charge in [0.15, 0.2) is 11.5 Å². The highest BCUT2D eigenvalue weighted by atomic mass is 19.1. The van der Waals surface area contributed by atoms with Crippen molar-refractivity contribution in [3.8, 4) is 11.3 Å². The molecule has 2 N–H and O–H groups in total. The molecule has 196 valence electrons. The fourth-order valence-electron chi connectivity index (χ4n) is 4.99. The molecule has 1 amide bonds. The van der Waals surface area contributed by atoms with Crippen molar-refractivity contribution in [3.63, 3.8) is 0 Å². The molecule has 0 aliphatic carbocycles. The number of nitrogens with zero attached hydrogens (tertiary/aromatic N) is 6. The fraction of sp³-hybridized carbons (Fsp3) is 0.167. The SMILES string of the molecule is CN1CCN(c2ccc(N(c3ccccc3)c3ncc(-c4ccc(C(N)=O)cc4)n4ccnc34)cc2F)CC1. The summed E-state index contributed by atoms with van der Waals surface area (Å²) in [6.07, 6.45) is 5.33. The third-order valence-corrected chi connectivity index (χ3v) is 7.13. The number of hydrogen-bond donors (Lipinski definition) is 1. The van der Waals surface area contributed by atoms with E-state index in [0.29, 0.717) is 28.4 Å². The van der Waals surface area contributed by atoms with Crippen LogP contribution < -0.4 is 15.5 Å². The van der Waals surface area contributed by atoms with Crippen molar-refractivity contribution in [2.45, 2.75) is 0 Å². The first-order valence-corrected chi connectivity index (χ1v) is 12.8. The first-order valence-electron chi connectivity index (χ1n) is 12.8. The molecule has 1 fully saturated rings. The number of anilines is 4. The minimum absolute atomic E-state index is 0.275. The molecule has 0 spiro atoms. The maximum atomic E-state index is 15.6. The molecule has 0 saturated carbocycles. The van der Waals surface area contributed by atoms with E-state index in [-0.39, 0.29) is 5.82 Å². The number of fused-ring (bicyclic) bond motifs is 1. The van der Waals surface area contributed by atoms with Crippen molar-refractivity contribution in [2.75, 3.05) is 43.0 Å². The summed E-state index contributed by atoms with van der Waals surface area (Å²) in [7, 11) is 2.08. The number of nitrogens with two attached hydrogens (primary N) is 1. The Labute approximate surface area is 225 Å². The number of aromatic nitrogens is 3. The highest BCUT2D eigenvalue weighted by Crippen LogP contribution is 2.38. The van der Waals surface area contributed by atoms with Gasteiger partial charge in [0, 0.05) is 61.5 Å². The number of carbonyl (C=O) groups excluding carboxylic acids is 1. The summed E-state index contributed by atoms with van der Waals surface area (Å²) in [5, 5.41) is 0. The molecule has 9 heteroatoms. The Morgan fingerprint density at radius 2 is 1.67 bits per heavy atom. The normalized spacial score (nSPS) is 14.1. The molecular formula is C30H28FN7O. The number of rotatable bonds is 6. The Balaban J connectivity index is 1.44. The molecule has 1 saturated heterocycles. The van der Waals surface area contributed by atoms with E-state index in [2.05, 4.69) is 21.8 Å². The molecule has 8 nitrogen and oxygen atoms in total. The molecular weight excluding hydrogens is 493 g/mol. The van der Waals surface area contributed by atoms with E-state index in [9.17, 15) is 4.79 Å². The van der Waals surface area contributed by atoms with Gasteiger partial charge < -0.3 is 15.5 Å². The number of carbonyl (C=O) groups is 1. The van der Waals surface area contributed by atoms with Crippen LogP contribution in [0.3, 0.4) is 0 Å². The topological polar surface area (TPSA) is 83.0 Å². The zero-order chi connectivity index (χ0) is 26.9. The summed E-state index contributed by atoms with van der Waals surface area (Å²) < 4.78 is 17.5. The van der Waals surface area contributed by atoms with Crippen LogP contribution in [0.2, 0.25) is 0 Å². The van der Waals surface area contributed by atoms with Gasteiger partial charge >= 0.3 is 0 Å². The van der Waals surface area contributed by atoms with Crippen LogP contribution in [-0.2, 0) is 0 Å². The van der Waals surface area contributed by atoms with E-state index in [1.807, 2.05) is 70.1 Å². The Morgan fingerprint density at radius 3 is 2.36 bits per heavy atom. The van der Waals surface area contributed by atoms with E-state index in [1.165, 1.54) is 0 Å². The number of imidazole rings is 1. The number of amides is 1. The second kappa shape index (κ2) is 10.2. The molecule has 1 aliphatic rings. The molecule has 0 bridgehead atoms. The molecule has 6 rings (SSSR count). The Kier molecular flexibility index (Phi) is 6.42. The molecule has 1 aliphatic heterocycles. The van der Waals surface area contributed by atoms with E-state index in [0.717, 1.165) is 43.1 Å². The third kappa shape index (κ3) is 4.68. The van der Waals surface area contributed by atoms with E-state index in [1.54, 1.807) is 30.6 Å². The molecule has 0 unspecified atom stereocenters. The van der Waals surface area contributed by atoms with Gasteiger partial charge in [-0.1, -0.05) is 30.3 Å². The molecule has 3 aromatic carbocycles. The van der Waals surface area contributed by atoms with Crippen molar-refractivity contribution in [2.24, 2.45) is 5.73 Å². The number of halogens is 1. The van der Waals surface area contributed by atoms with Crippen molar-refractivity contribution >= 4 is 34.4 Å². The lowest BCUT2D eigenvalue weighted by Crippen LogP contribution is -2.44. The number of primary amides is 1. The van der Waals surface area contributed by atoms with Crippen LogP contribution in [0.5, 0.6) is 0 Å². The first kappa shape index (κ1) is 24.6. The predicted molar refractivity (Wildman–Crippen MR) is 151 cm³/mol. The minimum Gasteiger partial charge on any atom is -0.367 e. The van der Waals surface area contributed by atoms with Gasteiger partial charge in [-0.05, 0) is 43.4 Å². The summed E-state index contributed by atoms with van der Waals surface area (Å²) in [5.41, 5.74) is 10.2. The van der Waals surface area contributed by atoms with Gasteiger partial charge in [0.25, 0.3) is 0 Å². The van der Waals surface area contributed by atoms with E-state index in [4.69, 9.17) is 10.7 Å². The lowest BCUT2D eigenvalue weighted by Gasteiger charge is -2.34. The van der Waals surface area contributed by atoms with Crippen LogP contribution in [-0.4, -0.2) is 58.4 Å². The monoisotopic (exact) mass is 521 g/mol. The van der Waals surface area contributed by atoms with E-state index >= 15 is 4.39 Å². The second-order valence-electron chi connectivity index (χ2n) is 9.63. The Hall–Kier alpha value is -4.76. The lowest BCUT2D eigenvalue weighted by molar-refractivity contribution is 0.100. The zero-order valence-electron chi connectivity index (χ0n) is 21.5. The predicted octanol–water partition coefficient (Wildman–Crippen LogP) is 4.86. The fourth-order valence-corrected chi connectivity index (χ4v) is 4.99. The van der Waals surface area contributed by atoms with Gasteiger partial charge in [0.2, 0.25) is 5.91 Å². The molecule has 5 aromatic rings. The van der Waals surface area contributed by atoms with Gasteiger partial charge in [0.05, 0.1) is 23.3 Å². The van der Waals surface area contributed by atoms with Crippen LogP contribution in [0.1, 0.15) is 10.4 Å². The second-order valence-corrected chi connectivity index (χ2v) is 9.63. The number of benzene rings is 3. The van der Waals surface area contributed by atoms with Crippen LogP contribution in [0.15, 0.2) is 91.4 Å². The van der Waals surface area contributed by atoms with Crippen molar-refractivity contribution in [1.29, 1.82) is 0 Å². The van der Waals surface area contributed by atoms with Crippen LogP contribution in [0, 0.1) is 5.82 Å². The zero-order valence-corrected chi connectivity index (χ0v) is 21.5. The number of para-hydroxylation sites is 1. The standard InChI is InChI=1S/C30H28FN7O/c1-35-15-17-36(18-16-35)26-12-11-24(19-25(26)31)38(23-5-3-2-4-6-23)30-29-33-13-14-37(29)27(20-34-30)21-7-9-22(10-8-21)28(32)39/h2-14,19-20H,15-18H2,1H3,(H2,32,39). The van der Waals surface area contributed by atoms with Crippen molar-refractivity contribution in [1.82, 2.24) is 19.3 Å². The van der Waals surface area contributed by atoms with Crippen LogP contribution >= 0.6 is 0 Å². The van der Waals surface area contributed by atoms with Crippen molar-refractivity contribution in [3.05, 3.63) is 103 Å². The molecule has 0 atom stereocenters. The third-order valence-electron chi connectivity index (χ3n) is 7.13. The number of likely N-dealkylation sites (N-methyl/N-ethyl adjacent to an activating group) is 1. The number of piperazine rings is 1. The average molecular weight is 522 g/mol. The minimum atomic E-state index is -0.479. The van der Waals surface area contributed by atoms with Gasteiger partial charge in [-0.2, -0.15) is 0 Å². The smallest absolute Gasteiger partial charge is 0.248 e. The van der Waals surface area contributed by atoms with E-state index < -0.39 is 5.91 Å². The summed E-state index contributed by atoms with van der Waals surface area (Å²) >= 11 is 0. The molecule has 0 radical (unpaired) electrons. The Morgan fingerprint density at radius 1 is 0.923 bits per heavy atom. The number of hydrogen-bond acceptors (Lipinski definition) is 6.